The second-order valence-corrected chi connectivity index (χ2v) is 12.2. The Morgan fingerprint density at radius 3 is 2.63 bits per heavy atom. The van der Waals surface area contributed by atoms with Crippen molar-refractivity contribution < 1.29 is 14.0 Å². The zero-order valence-electron chi connectivity index (χ0n) is 18.9. The standard InChI is InChI=1S/C23H20BrClN4O4S2/c1-23(2,3)22(32)29-20(34-11-13-4-7-19(25)35-13)8-15(27-29)16-6-5-14(24)21(31)28(16)10-17(30)18-9-26-12-33-18/h4-9,12H,10-11H2,1-3H3. The Bertz CT molecular complexity index is 1450. The highest BCUT2D eigenvalue weighted by molar-refractivity contribution is 9.10. The molecule has 0 saturated heterocycles. The second-order valence-electron chi connectivity index (χ2n) is 8.58. The van der Waals surface area contributed by atoms with E-state index in [1.807, 2.05) is 32.9 Å². The monoisotopic (exact) mass is 594 g/mol. The molecule has 4 aromatic rings. The summed E-state index contributed by atoms with van der Waals surface area (Å²) in [6.07, 6.45) is 2.45. The first-order chi connectivity index (χ1) is 16.5. The number of ketones is 1. The molecule has 0 aliphatic heterocycles. The average Bonchev–Trinajstić information content (AvgIpc) is 3.55. The van der Waals surface area contributed by atoms with Crippen LogP contribution >= 0.6 is 50.6 Å². The largest absolute Gasteiger partial charge is 0.440 e. The number of carbonyl (C=O) groups excluding carboxylic acids is 2. The summed E-state index contributed by atoms with van der Waals surface area (Å²) < 4.78 is 8.74. The van der Waals surface area contributed by atoms with E-state index >= 15 is 0 Å². The van der Waals surface area contributed by atoms with E-state index in [9.17, 15) is 14.4 Å². The van der Waals surface area contributed by atoms with Crippen LogP contribution in [0.1, 0.15) is 41.0 Å². The minimum atomic E-state index is -0.688. The lowest BCUT2D eigenvalue weighted by Crippen LogP contribution is -2.28. The third-order valence-corrected chi connectivity index (χ3v) is 7.96. The van der Waals surface area contributed by atoms with Crippen LogP contribution in [0, 0.1) is 5.41 Å². The summed E-state index contributed by atoms with van der Waals surface area (Å²) in [4.78, 5) is 43.7. The molecule has 0 atom stereocenters. The molecule has 0 amide bonds. The molecule has 4 aromatic heterocycles. The number of thioether (sulfide) groups is 1. The fraction of sp³-hybridized carbons (Fsp3) is 0.261. The summed E-state index contributed by atoms with van der Waals surface area (Å²) >= 11 is 12.2. The number of pyridine rings is 1. The summed E-state index contributed by atoms with van der Waals surface area (Å²) in [5, 5.41) is 5.19. The van der Waals surface area contributed by atoms with Crippen LogP contribution in [0.3, 0.4) is 0 Å². The highest BCUT2D eigenvalue weighted by Gasteiger charge is 2.28. The first kappa shape index (κ1) is 25.6. The quantitative estimate of drug-likeness (QED) is 0.190. The normalized spacial score (nSPS) is 11.7. The maximum atomic E-state index is 13.2. The first-order valence-corrected chi connectivity index (χ1v) is 13.3. The highest BCUT2D eigenvalue weighted by Crippen LogP contribution is 2.33. The summed E-state index contributed by atoms with van der Waals surface area (Å²) in [5.41, 5.74) is -0.307. The zero-order chi connectivity index (χ0) is 25.3. The molecule has 12 heteroatoms. The Morgan fingerprint density at radius 1 is 1.23 bits per heavy atom. The number of thiophene rings is 1. The molecule has 4 heterocycles. The van der Waals surface area contributed by atoms with Crippen molar-refractivity contribution in [1.29, 1.82) is 0 Å². The SMILES string of the molecule is CC(C)(C)C(=O)n1nc(-c2ccc(Br)c(=O)n2CC(=O)c2cnco2)cc1SCc1ccc(Cl)s1. The molecule has 4 rings (SSSR count). The summed E-state index contributed by atoms with van der Waals surface area (Å²) in [5.74, 6) is 0.0245. The third-order valence-electron chi connectivity index (χ3n) is 4.90. The molecule has 0 N–H and O–H groups in total. The molecule has 0 unspecified atom stereocenters. The lowest BCUT2D eigenvalue weighted by Gasteiger charge is -2.17. The van der Waals surface area contributed by atoms with Crippen molar-refractivity contribution in [3.05, 3.63) is 72.7 Å². The predicted molar refractivity (Wildman–Crippen MR) is 139 cm³/mol. The Labute approximate surface area is 222 Å². The van der Waals surface area contributed by atoms with E-state index in [0.717, 1.165) is 11.3 Å². The topological polar surface area (TPSA) is 100.0 Å². The van der Waals surface area contributed by atoms with Gasteiger partial charge in [0.2, 0.25) is 5.78 Å². The van der Waals surface area contributed by atoms with Crippen molar-refractivity contribution in [1.82, 2.24) is 19.3 Å². The second kappa shape index (κ2) is 10.3. The van der Waals surface area contributed by atoms with E-state index in [2.05, 4.69) is 26.0 Å². The van der Waals surface area contributed by atoms with Crippen LogP contribution in [0.4, 0.5) is 0 Å². The Kier molecular flexibility index (Phi) is 7.51. The van der Waals surface area contributed by atoms with Crippen molar-refractivity contribution in [3.8, 4) is 11.4 Å². The lowest BCUT2D eigenvalue weighted by atomic mass is 9.96. The molecule has 182 valence electrons. The van der Waals surface area contributed by atoms with Gasteiger partial charge in [-0.15, -0.1) is 23.1 Å². The minimum Gasteiger partial charge on any atom is -0.440 e. The van der Waals surface area contributed by atoms with Crippen molar-refractivity contribution in [2.45, 2.75) is 38.1 Å². The van der Waals surface area contributed by atoms with Gasteiger partial charge in [-0.3, -0.25) is 19.0 Å². The van der Waals surface area contributed by atoms with Gasteiger partial charge < -0.3 is 4.42 Å². The van der Waals surface area contributed by atoms with Crippen LogP contribution in [0.2, 0.25) is 4.34 Å². The fourth-order valence-electron chi connectivity index (χ4n) is 3.14. The van der Waals surface area contributed by atoms with Crippen LogP contribution < -0.4 is 5.56 Å². The number of oxazole rings is 1. The molecule has 0 bridgehead atoms. The molecule has 0 aromatic carbocycles. The number of carbonyl (C=O) groups is 2. The van der Waals surface area contributed by atoms with Gasteiger partial charge in [-0.25, -0.2) is 4.98 Å². The van der Waals surface area contributed by atoms with Gasteiger partial charge in [0.25, 0.3) is 11.5 Å². The molecule has 0 spiro atoms. The van der Waals surface area contributed by atoms with Crippen LogP contribution in [0.5, 0.6) is 0 Å². The Hall–Kier alpha value is -2.47. The van der Waals surface area contributed by atoms with Gasteiger partial charge in [0.05, 0.1) is 27.2 Å². The number of aromatic nitrogens is 4. The van der Waals surface area contributed by atoms with E-state index in [4.69, 9.17) is 16.0 Å². The molecule has 0 aliphatic rings. The van der Waals surface area contributed by atoms with Crippen molar-refractivity contribution in [2.24, 2.45) is 5.41 Å². The first-order valence-electron chi connectivity index (χ1n) is 10.4. The maximum Gasteiger partial charge on any atom is 0.265 e. The number of halogens is 2. The maximum absolute atomic E-state index is 13.2. The van der Waals surface area contributed by atoms with E-state index in [0.29, 0.717) is 31.0 Å². The van der Waals surface area contributed by atoms with Crippen LogP contribution in [-0.2, 0) is 12.3 Å². The number of rotatable bonds is 7. The summed E-state index contributed by atoms with van der Waals surface area (Å²) in [6, 6.07) is 8.80. The average molecular weight is 596 g/mol. The molecule has 35 heavy (non-hydrogen) atoms. The van der Waals surface area contributed by atoms with Gasteiger partial charge in [0.15, 0.2) is 12.2 Å². The van der Waals surface area contributed by atoms with Crippen molar-refractivity contribution in [3.63, 3.8) is 0 Å². The predicted octanol–water partition coefficient (Wildman–Crippen LogP) is 6.04. The van der Waals surface area contributed by atoms with Crippen molar-refractivity contribution >= 4 is 62.3 Å². The number of nitrogens with zero attached hydrogens (tertiary/aromatic N) is 4. The van der Waals surface area contributed by atoms with Gasteiger partial charge in [-0.2, -0.15) is 9.78 Å². The number of hydrogen-bond acceptors (Lipinski definition) is 8. The molecule has 8 nitrogen and oxygen atoms in total. The van der Waals surface area contributed by atoms with Gasteiger partial charge in [0, 0.05) is 22.1 Å². The smallest absolute Gasteiger partial charge is 0.265 e. The Balaban J connectivity index is 1.76. The molecule has 0 radical (unpaired) electrons. The van der Waals surface area contributed by atoms with Gasteiger partial charge in [-0.05, 0) is 40.2 Å². The van der Waals surface area contributed by atoms with E-state index < -0.39 is 16.8 Å². The van der Waals surface area contributed by atoms with Crippen molar-refractivity contribution in [2.75, 3.05) is 0 Å². The molecule has 0 fully saturated rings. The molecule has 0 saturated carbocycles. The minimum absolute atomic E-state index is 0.0436. The highest BCUT2D eigenvalue weighted by atomic mass is 79.9. The third kappa shape index (κ3) is 5.69. The van der Waals surface area contributed by atoms with Gasteiger partial charge >= 0.3 is 0 Å². The number of Topliss-reactive ketones (excluding diaryl/α,β-unsaturated/α-hetero) is 1. The van der Waals surface area contributed by atoms with Crippen LogP contribution in [-0.4, -0.2) is 31.0 Å². The zero-order valence-corrected chi connectivity index (χ0v) is 22.9. The van der Waals surface area contributed by atoms with E-state index in [1.165, 1.54) is 38.5 Å². The van der Waals surface area contributed by atoms with Crippen LogP contribution in [0.25, 0.3) is 11.4 Å². The number of hydrogen-bond donors (Lipinski definition) is 0. The molecular formula is C23H20BrClN4O4S2. The summed E-state index contributed by atoms with van der Waals surface area (Å²) in [6.45, 7) is 5.17. The van der Waals surface area contributed by atoms with Gasteiger partial charge in [0.1, 0.15) is 10.7 Å². The lowest BCUT2D eigenvalue weighted by molar-refractivity contribution is 0.0736. The Morgan fingerprint density at radius 2 is 2.00 bits per heavy atom. The van der Waals surface area contributed by atoms with E-state index in [1.54, 1.807) is 18.2 Å². The fourth-order valence-corrected chi connectivity index (χ4v) is 5.61. The molecule has 0 aliphatic carbocycles. The summed E-state index contributed by atoms with van der Waals surface area (Å²) in [7, 11) is 0. The molecular weight excluding hydrogens is 576 g/mol. The van der Waals surface area contributed by atoms with E-state index in [-0.39, 0.29) is 18.2 Å². The van der Waals surface area contributed by atoms with Crippen LogP contribution in [0.15, 0.2) is 61.6 Å². The van der Waals surface area contributed by atoms with Gasteiger partial charge in [-0.1, -0.05) is 32.4 Å².